The molecule has 7 saturated heterocycles. The normalized spacial score (nSPS) is 29.6. The summed E-state index contributed by atoms with van der Waals surface area (Å²) in [5.41, 5.74) is -13.8. The number of rotatable bonds is 40. The van der Waals surface area contributed by atoms with E-state index in [2.05, 4.69) is 21.8 Å². The third-order valence-electron chi connectivity index (χ3n) is 22.9. The first kappa shape index (κ1) is 108. The van der Waals surface area contributed by atoms with E-state index in [1.807, 2.05) is 24.9 Å². The Hall–Kier alpha value is -8.37. The molecule has 63 nitrogen and oxygen atoms in total. The van der Waals surface area contributed by atoms with Gasteiger partial charge in [0.05, 0.1) is 52.4 Å². The van der Waals surface area contributed by atoms with Gasteiger partial charge < -0.3 is 81.9 Å². The maximum atomic E-state index is 14.5. The highest BCUT2D eigenvalue weighted by atomic mass is 32.5. The van der Waals surface area contributed by atoms with Crippen LogP contribution in [0.5, 0.6) is 0 Å². The van der Waals surface area contributed by atoms with Crippen molar-refractivity contribution in [1.29, 1.82) is 0 Å². The Morgan fingerprint density at radius 2 is 0.404 bits per heavy atom. The van der Waals surface area contributed by atoms with Crippen LogP contribution in [-0.2, 0) is 131 Å². The zero-order valence-corrected chi connectivity index (χ0v) is 81.2. The topological polar surface area (TPSA) is 853 Å². The SMILES string of the molecule is Cc1cn([C@H]2C[C@H](OP(=O)(O)OC[C@H]3O[C@@H](n4cc(C)c(=O)[nH]c4=O)C[C@@H]3OP(=O)(O)OC[C@H]3O[C@@H](n4cc(C)c(=O)[nH]c4=O)C[C@@H]3OP(=O)(O)OC[C@H]3O[C@@H](n4cc(C)c(=O)[nH]c4=O)C[C@@H]3O)[C@@H](COP(=O)(O)O[C@H]3C[C@H](n4cc(C)c(=O)[nH]c4=O)O[C@@H]3COP(=O)(O)O[C@H]3C[C@H](n4cc(C)c(=O)[nH]c4=O)O[C@@H]3COP(=O)(O)O[C@H]3C[C@H](n4cc(C)c(=O)[nH]c4=O)O[C@@H]3COP(O)(O)=S)O2)c(=O)[nH]c1=O. The molecule has 7 aromatic heterocycles. The van der Waals surface area contributed by atoms with E-state index < -0.39 is 346 Å². The van der Waals surface area contributed by atoms with Gasteiger partial charge in [0, 0.05) is 127 Å². The molecule has 7 aliphatic rings. The van der Waals surface area contributed by atoms with E-state index in [0.717, 1.165) is 75.3 Å². The van der Waals surface area contributed by atoms with Gasteiger partial charge in [-0.3, -0.25) is 155 Å². The molecule has 6 unspecified atom stereocenters. The van der Waals surface area contributed by atoms with E-state index in [1.54, 1.807) is 0 Å². The van der Waals surface area contributed by atoms with Crippen LogP contribution in [0.25, 0.3) is 0 Å². The smallest absolute Gasteiger partial charge is 0.390 e. The minimum Gasteiger partial charge on any atom is -0.390 e. The molecule has 7 fully saturated rings. The monoisotopic (exact) mass is 2160 g/mol. The minimum atomic E-state index is -5.81. The first-order chi connectivity index (χ1) is 65.8. The Morgan fingerprint density at radius 3 is 0.567 bits per heavy atom. The number of aliphatic hydroxyl groups excluding tert-OH is 1. The van der Waals surface area contributed by atoms with Crippen molar-refractivity contribution in [3.63, 3.8) is 0 Å². The molecule has 0 radical (unpaired) electrons. The van der Waals surface area contributed by atoms with Gasteiger partial charge in [0.15, 0.2) is 0 Å². The van der Waals surface area contributed by atoms with Crippen LogP contribution in [0.2, 0.25) is 0 Å². The molecule has 71 heteroatoms. The summed E-state index contributed by atoms with van der Waals surface area (Å²) in [4.78, 5) is 282. The second-order valence-electron chi connectivity index (χ2n) is 33.2. The lowest BCUT2D eigenvalue weighted by atomic mass is 10.2. The summed E-state index contributed by atoms with van der Waals surface area (Å²) in [6, 6.07) is 0. The van der Waals surface area contributed by atoms with E-state index in [4.69, 9.17) is 92.0 Å². The van der Waals surface area contributed by atoms with E-state index in [-0.39, 0.29) is 45.4 Å². The van der Waals surface area contributed by atoms with E-state index in [9.17, 15) is 139 Å². The molecule has 14 rings (SSSR count). The first-order valence-corrected chi connectivity index (χ1v) is 53.6. The number of phosphoric acid groups is 6. The number of hydrogen-bond acceptors (Lipinski definition) is 42. The largest absolute Gasteiger partial charge is 0.472 e. The van der Waals surface area contributed by atoms with Crippen LogP contribution in [0.4, 0.5) is 0 Å². The number of aromatic amines is 7. The van der Waals surface area contributed by atoms with Gasteiger partial charge in [-0.25, -0.2) is 61.0 Å². The highest BCUT2D eigenvalue weighted by molar-refractivity contribution is 8.06. The maximum absolute atomic E-state index is 14.5. The summed E-state index contributed by atoms with van der Waals surface area (Å²) < 4.78 is 203. The number of aromatic nitrogens is 14. The van der Waals surface area contributed by atoms with E-state index >= 15 is 0 Å². The molecule has 7 aliphatic heterocycles. The number of H-pyrrole nitrogens is 7. The molecule has 0 bridgehead atoms. The van der Waals surface area contributed by atoms with Gasteiger partial charge in [0.1, 0.15) is 123 Å². The zero-order chi connectivity index (χ0) is 103. The Labute approximate surface area is 789 Å². The average molecular weight is 2160 g/mol. The molecule has 14 heterocycles. The predicted molar refractivity (Wildman–Crippen MR) is 467 cm³/mol. The number of hydrogen-bond donors (Lipinski definition) is 16. The van der Waals surface area contributed by atoms with Gasteiger partial charge in [0.2, 0.25) is 0 Å². The summed E-state index contributed by atoms with van der Waals surface area (Å²) in [7, 11) is -34.0. The Kier molecular flexibility index (Phi) is 33.0. The molecule has 778 valence electrons. The van der Waals surface area contributed by atoms with Gasteiger partial charge in [-0.05, 0) is 60.3 Å². The van der Waals surface area contributed by atoms with Gasteiger partial charge in [0.25, 0.3) is 38.9 Å². The van der Waals surface area contributed by atoms with Crippen LogP contribution >= 0.6 is 53.7 Å². The molecule has 0 spiro atoms. The van der Waals surface area contributed by atoms with Crippen LogP contribution in [-0.4, -0.2) is 243 Å². The van der Waals surface area contributed by atoms with Crippen LogP contribution in [0.3, 0.4) is 0 Å². The molecule has 141 heavy (non-hydrogen) atoms. The molecule has 0 aliphatic carbocycles. The number of phosphoric ester groups is 6. The number of aliphatic hydroxyl groups is 1. The van der Waals surface area contributed by atoms with Crippen molar-refractivity contribution in [3.05, 3.63) is 228 Å². The number of aryl methyl sites for hydroxylation is 7. The number of nitrogens with zero attached hydrogens (tertiary/aromatic N) is 7. The van der Waals surface area contributed by atoms with Gasteiger partial charge in [-0.15, -0.1) is 0 Å². The standard InChI is InChI=1S/C70H93N14O49P7S/c1-29-15-78(64(93)71-57(29)86)50-8-36(85)43(121-50)22-114-134(100,101)128-37-9-51(79-16-30(2)58(87)72-65(79)94)122-44(37)23-115-135(102,103)129-38-10-52(80-17-31(3)59(88)73-66(80)95)123-45(38)24-116-136(104,105)130-39-11-53(81-18-32(4)60(89)74-67(81)96)124-46(39)25-117-137(106,107)131-40-12-54(82-19-33(5)61(90)75-68(82)97)125-47(40)26-118-138(108,109)132-41-13-55(83-20-34(6)62(91)76-69(83)98)126-48(41)27-119-139(110,111)133-42-14-56(127-49(42)28-120-140(112,113)141)84-21-35(7)63(92)77-70(84)99/h15-21,36-56,85H,8-14,22-28H2,1-7H3,(H,100,101)(H,102,103)(H,104,105)(H,106,107)(H,108,109)(H,110,111)(H,71,86,93)(H,72,87,94)(H,73,88,95)(H,74,89,96)(H,75,90,97)(H,76,91,98)(H,77,92,99)(H2,112,113,141)/t36-,37-,38-,39-,40-,41-,42-,43+,44+,45+,46+,47+,48+,49+,50+,51+,52+,53+,54+,55+,56+/m0/s1. The van der Waals surface area contributed by atoms with Crippen LogP contribution in [0.1, 0.15) is 127 Å². The fourth-order valence-corrected chi connectivity index (χ4v) is 22.1. The average Bonchev–Trinajstić information content (AvgIpc) is 1.65. The fourth-order valence-electron chi connectivity index (χ4n) is 15.8. The van der Waals surface area contributed by atoms with Crippen molar-refractivity contribution < 1.29 is 164 Å². The third-order valence-corrected chi connectivity index (χ3v) is 29.8. The third kappa shape index (κ3) is 26.7. The summed E-state index contributed by atoms with van der Waals surface area (Å²) in [6.45, 7) is -3.29. The first-order valence-electron chi connectivity index (χ1n) is 42.0. The van der Waals surface area contributed by atoms with Crippen molar-refractivity contribution in [1.82, 2.24) is 66.9 Å². The van der Waals surface area contributed by atoms with Gasteiger partial charge >= 0.3 is 93.5 Å². The minimum absolute atomic E-state index is 0.00930. The Bertz CT molecular complexity index is 7100. The van der Waals surface area contributed by atoms with Gasteiger partial charge in [-0.2, -0.15) is 0 Å². The predicted octanol–water partition coefficient (Wildman–Crippen LogP) is -3.39. The van der Waals surface area contributed by atoms with Crippen molar-refractivity contribution in [2.75, 3.05) is 46.2 Å². The highest BCUT2D eigenvalue weighted by Crippen LogP contribution is 2.58. The van der Waals surface area contributed by atoms with Crippen molar-refractivity contribution in [3.8, 4) is 0 Å². The van der Waals surface area contributed by atoms with Crippen molar-refractivity contribution >= 4 is 65.5 Å². The molecule has 0 amide bonds. The number of nitrogens with one attached hydrogen (secondary N) is 7. The quantitative estimate of drug-likeness (QED) is 0.0167. The van der Waals surface area contributed by atoms with Gasteiger partial charge in [-0.1, -0.05) is 0 Å². The van der Waals surface area contributed by atoms with Crippen LogP contribution < -0.4 is 78.7 Å². The second-order valence-corrected chi connectivity index (χ2v) is 44.3. The maximum Gasteiger partial charge on any atom is 0.472 e. The van der Waals surface area contributed by atoms with E-state index in [1.165, 1.54) is 48.5 Å². The van der Waals surface area contributed by atoms with Crippen LogP contribution in [0, 0.1) is 48.5 Å². The van der Waals surface area contributed by atoms with E-state index in [0.29, 0.717) is 0 Å². The zero-order valence-electron chi connectivity index (χ0n) is 74.1. The summed E-state index contributed by atoms with van der Waals surface area (Å²) >= 11 is 4.54. The second kappa shape index (κ2) is 43.0. The molecule has 27 atom stereocenters. The molecule has 0 aromatic carbocycles. The number of ether oxygens (including phenoxy) is 7. The molecular formula is C70H93N14O49P7S. The summed E-state index contributed by atoms with van der Waals surface area (Å²) in [6.07, 6.45) is -32.7. The van der Waals surface area contributed by atoms with Crippen LogP contribution in [0.15, 0.2) is 111 Å². The summed E-state index contributed by atoms with van der Waals surface area (Å²) in [5.74, 6) is 0. The Morgan fingerprint density at radius 1 is 0.262 bits per heavy atom. The lowest BCUT2D eigenvalue weighted by Crippen LogP contribution is -2.33. The Balaban J connectivity index is 0.664. The molecular weight excluding hydrogens is 2070 g/mol. The van der Waals surface area contributed by atoms with Crippen molar-refractivity contribution in [2.45, 2.75) is 222 Å². The lowest BCUT2D eigenvalue weighted by molar-refractivity contribution is -0.0661. The fraction of sp³-hybridized carbons (Fsp3) is 0.600. The molecule has 0 saturated carbocycles. The molecule has 7 aromatic rings. The summed E-state index contributed by atoms with van der Waals surface area (Å²) in [5, 5.41) is 10.9. The molecule has 16 N–H and O–H groups in total. The highest BCUT2D eigenvalue weighted by Gasteiger charge is 2.53. The lowest BCUT2D eigenvalue weighted by Gasteiger charge is -2.26. The van der Waals surface area contributed by atoms with Crippen molar-refractivity contribution in [2.24, 2.45) is 0 Å².